The van der Waals surface area contributed by atoms with Crippen LogP contribution < -0.4 is 16.6 Å². The standard InChI is InChI=1S/C23H24BrN3O4/c1-2-26-21(29)18-8-3-4-9-19(18)27(22(26)30)15-20(28)25-23(10-12-31-13-11-23)16-6-5-7-17(24)14-16/h3-9,14H,2,10-13,15H2,1H3,(H,25,28). The minimum absolute atomic E-state index is 0.170. The van der Waals surface area contributed by atoms with Crippen molar-refractivity contribution in [1.82, 2.24) is 14.5 Å². The number of carbonyl (C=O) groups is 1. The zero-order valence-corrected chi connectivity index (χ0v) is 18.9. The second-order valence-corrected chi connectivity index (χ2v) is 8.60. The lowest BCUT2D eigenvalue weighted by Gasteiger charge is -2.38. The van der Waals surface area contributed by atoms with Gasteiger partial charge in [0.15, 0.2) is 0 Å². The molecule has 3 aromatic rings. The van der Waals surface area contributed by atoms with Gasteiger partial charge in [-0.15, -0.1) is 0 Å². The van der Waals surface area contributed by atoms with Gasteiger partial charge in [0.2, 0.25) is 5.91 Å². The summed E-state index contributed by atoms with van der Waals surface area (Å²) >= 11 is 3.51. The van der Waals surface area contributed by atoms with E-state index in [0.717, 1.165) is 14.6 Å². The Bertz CT molecular complexity index is 1240. The Morgan fingerprint density at radius 2 is 1.84 bits per heavy atom. The second-order valence-electron chi connectivity index (χ2n) is 7.69. The van der Waals surface area contributed by atoms with Crippen LogP contribution in [-0.2, 0) is 28.2 Å². The first-order valence-electron chi connectivity index (χ1n) is 10.3. The number of halogens is 1. The largest absolute Gasteiger partial charge is 0.381 e. The smallest absolute Gasteiger partial charge is 0.331 e. The molecule has 1 aliphatic heterocycles. The normalized spacial score (nSPS) is 15.7. The molecule has 1 amide bonds. The molecule has 1 fully saturated rings. The fraction of sp³-hybridized carbons (Fsp3) is 0.348. The minimum Gasteiger partial charge on any atom is -0.381 e. The molecule has 2 heterocycles. The molecule has 0 unspecified atom stereocenters. The molecule has 1 N–H and O–H groups in total. The monoisotopic (exact) mass is 485 g/mol. The average molecular weight is 486 g/mol. The van der Waals surface area contributed by atoms with Crippen molar-refractivity contribution in [1.29, 1.82) is 0 Å². The SMILES string of the molecule is CCn1c(=O)c2ccccc2n(CC(=O)NC2(c3cccc(Br)c3)CCOCC2)c1=O. The summed E-state index contributed by atoms with van der Waals surface area (Å²) < 4.78 is 9.01. The zero-order chi connectivity index (χ0) is 22.0. The van der Waals surface area contributed by atoms with Gasteiger partial charge in [0.25, 0.3) is 5.56 Å². The molecule has 4 rings (SSSR count). The van der Waals surface area contributed by atoms with Gasteiger partial charge in [-0.25, -0.2) is 4.79 Å². The number of fused-ring (bicyclic) bond motifs is 1. The molecule has 2 aromatic carbocycles. The Balaban J connectivity index is 1.72. The number of aromatic nitrogens is 2. The van der Waals surface area contributed by atoms with E-state index in [1.54, 1.807) is 31.2 Å². The number of amides is 1. The Morgan fingerprint density at radius 3 is 2.55 bits per heavy atom. The first kappa shape index (κ1) is 21.5. The predicted octanol–water partition coefficient (Wildman–Crippen LogP) is 2.77. The first-order chi connectivity index (χ1) is 14.9. The van der Waals surface area contributed by atoms with Gasteiger partial charge in [0.05, 0.1) is 16.4 Å². The first-order valence-corrected chi connectivity index (χ1v) is 11.1. The van der Waals surface area contributed by atoms with Crippen LogP contribution in [0.2, 0.25) is 0 Å². The highest BCUT2D eigenvalue weighted by Gasteiger charge is 2.36. The molecule has 1 aliphatic rings. The van der Waals surface area contributed by atoms with E-state index in [0.29, 0.717) is 37.0 Å². The average Bonchev–Trinajstić information content (AvgIpc) is 2.78. The molecule has 1 saturated heterocycles. The summed E-state index contributed by atoms with van der Waals surface area (Å²) in [6, 6.07) is 14.8. The summed E-state index contributed by atoms with van der Waals surface area (Å²) in [4.78, 5) is 38.8. The van der Waals surface area contributed by atoms with Gasteiger partial charge >= 0.3 is 5.69 Å². The molecule has 0 spiro atoms. The maximum absolute atomic E-state index is 13.2. The van der Waals surface area contributed by atoms with Crippen molar-refractivity contribution in [2.24, 2.45) is 0 Å². The number of ether oxygens (including phenoxy) is 1. The van der Waals surface area contributed by atoms with E-state index in [1.165, 1.54) is 4.57 Å². The molecule has 31 heavy (non-hydrogen) atoms. The quantitative estimate of drug-likeness (QED) is 0.602. The lowest BCUT2D eigenvalue weighted by atomic mass is 9.82. The molecule has 162 valence electrons. The Morgan fingerprint density at radius 1 is 1.10 bits per heavy atom. The highest BCUT2D eigenvalue weighted by molar-refractivity contribution is 9.10. The highest BCUT2D eigenvalue weighted by atomic mass is 79.9. The minimum atomic E-state index is -0.572. The highest BCUT2D eigenvalue weighted by Crippen LogP contribution is 2.33. The molecule has 0 radical (unpaired) electrons. The van der Waals surface area contributed by atoms with Gasteiger partial charge in [-0.3, -0.25) is 18.7 Å². The van der Waals surface area contributed by atoms with Crippen LogP contribution in [0.3, 0.4) is 0 Å². The van der Waals surface area contributed by atoms with E-state index >= 15 is 0 Å². The molecular formula is C23H24BrN3O4. The molecule has 0 bridgehead atoms. The number of hydrogen-bond donors (Lipinski definition) is 1. The molecule has 0 aliphatic carbocycles. The number of para-hydroxylation sites is 1. The summed E-state index contributed by atoms with van der Waals surface area (Å²) in [7, 11) is 0. The van der Waals surface area contributed by atoms with Gasteiger partial charge in [0.1, 0.15) is 6.54 Å². The third-order valence-electron chi connectivity index (χ3n) is 5.85. The molecular weight excluding hydrogens is 462 g/mol. The number of nitrogens with zero attached hydrogens (tertiary/aromatic N) is 2. The zero-order valence-electron chi connectivity index (χ0n) is 17.3. The molecule has 8 heteroatoms. The van der Waals surface area contributed by atoms with Gasteiger partial charge in [-0.05, 0) is 49.6 Å². The van der Waals surface area contributed by atoms with E-state index < -0.39 is 11.2 Å². The van der Waals surface area contributed by atoms with Crippen molar-refractivity contribution >= 4 is 32.7 Å². The summed E-state index contributed by atoms with van der Waals surface area (Å²) in [5.41, 5.74) is 0.0623. The van der Waals surface area contributed by atoms with E-state index in [-0.39, 0.29) is 24.6 Å². The van der Waals surface area contributed by atoms with Crippen LogP contribution in [0.4, 0.5) is 0 Å². The van der Waals surface area contributed by atoms with E-state index in [4.69, 9.17) is 4.74 Å². The number of benzene rings is 2. The summed E-state index contributed by atoms with van der Waals surface area (Å²) in [5.74, 6) is -0.282. The van der Waals surface area contributed by atoms with E-state index in [2.05, 4.69) is 21.2 Å². The van der Waals surface area contributed by atoms with Crippen molar-refractivity contribution in [3.63, 3.8) is 0 Å². The molecule has 7 nitrogen and oxygen atoms in total. The third kappa shape index (κ3) is 4.09. The topological polar surface area (TPSA) is 82.3 Å². The predicted molar refractivity (Wildman–Crippen MR) is 122 cm³/mol. The molecule has 1 aromatic heterocycles. The maximum atomic E-state index is 13.2. The Hall–Kier alpha value is -2.71. The Labute approximate surface area is 187 Å². The van der Waals surface area contributed by atoms with Crippen molar-refractivity contribution < 1.29 is 9.53 Å². The van der Waals surface area contributed by atoms with Crippen LogP contribution in [0.5, 0.6) is 0 Å². The lowest BCUT2D eigenvalue weighted by molar-refractivity contribution is -0.125. The van der Waals surface area contributed by atoms with E-state index in [1.807, 2.05) is 24.3 Å². The van der Waals surface area contributed by atoms with Crippen LogP contribution in [0.15, 0.2) is 62.6 Å². The number of nitrogens with one attached hydrogen (secondary N) is 1. The van der Waals surface area contributed by atoms with Crippen LogP contribution in [-0.4, -0.2) is 28.3 Å². The van der Waals surface area contributed by atoms with Gasteiger partial charge in [0, 0.05) is 24.2 Å². The number of rotatable bonds is 5. The lowest BCUT2D eigenvalue weighted by Crippen LogP contribution is -2.51. The maximum Gasteiger partial charge on any atom is 0.331 e. The molecule has 0 atom stereocenters. The van der Waals surface area contributed by atoms with Crippen LogP contribution >= 0.6 is 15.9 Å². The Kier molecular flexibility index (Phi) is 6.11. The summed E-state index contributed by atoms with van der Waals surface area (Å²) in [5, 5.41) is 3.60. The van der Waals surface area contributed by atoms with Crippen molar-refractivity contribution in [3.05, 3.63) is 79.4 Å². The third-order valence-corrected chi connectivity index (χ3v) is 6.35. The van der Waals surface area contributed by atoms with Gasteiger partial charge in [-0.2, -0.15) is 0 Å². The van der Waals surface area contributed by atoms with Crippen molar-refractivity contribution in [3.8, 4) is 0 Å². The van der Waals surface area contributed by atoms with Gasteiger partial charge < -0.3 is 10.1 Å². The van der Waals surface area contributed by atoms with Gasteiger partial charge in [-0.1, -0.05) is 40.2 Å². The fourth-order valence-corrected chi connectivity index (χ4v) is 4.64. The van der Waals surface area contributed by atoms with Crippen molar-refractivity contribution in [2.75, 3.05) is 13.2 Å². The van der Waals surface area contributed by atoms with Crippen molar-refractivity contribution in [2.45, 2.75) is 38.4 Å². The second kappa shape index (κ2) is 8.80. The van der Waals surface area contributed by atoms with Crippen LogP contribution in [0, 0.1) is 0 Å². The fourth-order valence-electron chi connectivity index (χ4n) is 4.24. The van der Waals surface area contributed by atoms with Crippen LogP contribution in [0.1, 0.15) is 25.3 Å². The summed E-state index contributed by atoms with van der Waals surface area (Å²) in [6.07, 6.45) is 1.28. The molecule has 0 saturated carbocycles. The summed E-state index contributed by atoms with van der Waals surface area (Å²) in [6.45, 7) is 2.89. The number of carbonyl (C=O) groups excluding carboxylic acids is 1. The number of hydrogen-bond acceptors (Lipinski definition) is 4. The van der Waals surface area contributed by atoms with E-state index in [9.17, 15) is 14.4 Å². The van der Waals surface area contributed by atoms with Crippen LogP contribution in [0.25, 0.3) is 10.9 Å².